The van der Waals surface area contributed by atoms with Gasteiger partial charge in [-0.3, -0.25) is 10.2 Å². The first-order chi connectivity index (χ1) is 17.6. The molecule has 196 valence electrons. The molecule has 0 aliphatic carbocycles. The second-order valence-electron chi connectivity index (χ2n) is 10.7. The number of nitrogens with one attached hydrogen (secondary N) is 1. The maximum absolute atomic E-state index is 13.1. The first-order valence-electron chi connectivity index (χ1n) is 12.8. The molecule has 7 heteroatoms. The van der Waals surface area contributed by atoms with Crippen LogP contribution < -0.4 is 15.1 Å². The van der Waals surface area contributed by atoms with E-state index in [0.717, 1.165) is 59.6 Å². The van der Waals surface area contributed by atoms with Crippen molar-refractivity contribution in [1.82, 2.24) is 4.57 Å². The summed E-state index contributed by atoms with van der Waals surface area (Å²) in [5.41, 5.74) is 5.65. The van der Waals surface area contributed by atoms with Gasteiger partial charge in [0.15, 0.2) is 0 Å². The van der Waals surface area contributed by atoms with Crippen LogP contribution in [0, 0.1) is 23.6 Å². The maximum atomic E-state index is 13.1. The highest BCUT2D eigenvalue weighted by Gasteiger charge is 2.30. The zero-order valence-electron chi connectivity index (χ0n) is 22.1. The van der Waals surface area contributed by atoms with E-state index < -0.39 is 5.97 Å². The summed E-state index contributed by atoms with van der Waals surface area (Å²) in [5, 5.41) is 18.7. The Balaban J connectivity index is 1.66. The van der Waals surface area contributed by atoms with Crippen LogP contribution in [0.1, 0.15) is 43.5 Å². The van der Waals surface area contributed by atoms with Crippen LogP contribution in [0.2, 0.25) is 0 Å². The number of halogens is 1. The smallest absolute Gasteiger partial charge is 0.307 e. The average molecular weight is 506 g/mol. The minimum absolute atomic E-state index is 0.0905. The van der Waals surface area contributed by atoms with Gasteiger partial charge in [0.25, 0.3) is 0 Å². The number of ether oxygens (including phenoxy) is 1. The quantitative estimate of drug-likeness (QED) is 0.424. The Bertz CT molecular complexity index is 1320. The van der Waals surface area contributed by atoms with Gasteiger partial charge in [-0.15, -0.1) is 0 Å². The fraction of sp³-hybridized carbons (Fsp3) is 0.400. The Hall–Kier alpha value is -3.61. The van der Waals surface area contributed by atoms with Crippen molar-refractivity contribution in [2.45, 2.75) is 46.5 Å². The highest BCUT2D eigenvalue weighted by Crippen LogP contribution is 2.39. The summed E-state index contributed by atoms with van der Waals surface area (Å²) >= 11 is 0. The Morgan fingerprint density at radius 2 is 1.70 bits per heavy atom. The van der Waals surface area contributed by atoms with E-state index in [0.29, 0.717) is 24.3 Å². The molecule has 6 nitrogen and oxygen atoms in total. The van der Waals surface area contributed by atoms with Crippen LogP contribution in [0.25, 0.3) is 11.1 Å². The largest absolute Gasteiger partial charge is 0.493 e. The van der Waals surface area contributed by atoms with Crippen molar-refractivity contribution in [2.75, 3.05) is 24.6 Å². The van der Waals surface area contributed by atoms with Crippen molar-refractivity contribution < 1.29 is 19.0 Å². The van der Waals surface area contributed by atoms with Crippen LogP contribution in [-0.2, 0) is 24.7 Å². The lowest BCUT2D eigenvalue weighted by Gasteiger charge is -2.40. The topological polar surface area (TPSA) is 78.6 Å². The van der Waals surface area contributed by atoms with E-state index >= 15 is 0 Å². The Morgan fingerprint density at radius 3 is 2.30 bits per heavy atom. The van der Waals surface area contributed by atoms with Crippen molar-refractivity contribution in [3.63, 3.8) is 0 Å². The number of piperidine rings is 1. The molecule has 1 saturated heterocycles. The summed E-state index contributed by atoms with van der Waals surface area (Å²) in [4.78, 5) is 14.1. The molecule has 0 saturated carbocycles. The number of hydrogen-bond acceptors (Lipinski definition) is 4. The minimum atomic E-state index is -0.879. The number of carboxylic acid groups (broad SMARTS) is 1. The second kappa shape index (κ2) is 10.8. The van der Waals surface area contributed by atoms with Gasteiger partial charge in [-0.25, -0.2) is 4.39 Å². The predicted octanol–water partition coefficient (Wildman–Crippen LogP) is 5.49. The molecule has 0 unspecified atom stereocenters. The number of carboxylic acids is 1. The molecule has 1 aliphatic heterocycles. The van der Waals surface area contributed by atoms with Gasteiger partial charge in [0.2, 0.25) is 0 Å². The summed E-state index contributed by atoms with van der Waals surface area (Å²) in [6.45, 7) is 8.55. The van der Waals surface area contributed by atoms with Gasteiger partial charge in [-0.05, 0) is 60.6 Å². The number of hydrogen-bond donors (Lipinski definition) is 2. The second-order valence-corrected chi connectivity index (χ2v) is 10.7. The molecular weight excluding hydrogens is 469 g/mol. The number of carbonyl (C=O) groups is 1. The molecule has 0 amide bonds. The molecule has 1 aromatic heterocycles. The molecule has 0 spiro atoms. The molecule has 1 aliphatic rings. The average Bonchev–Trinajstić information content (AvgIpc) is 2.86. The van der Waals surface area contributed by atoms with Gasteiger partial charge < -0.3 is 19.3 Å². The molecule has 37 heavy (non-hydrogen) atoms. The van der Waals surface area contributed by atoms with Crippen LogP contribution >= 0.6 is 0 Å². The lowest BCUT2D eigenvalue weighted by Crippen LogP contribution is -2.40. The lowest BCUT2D eigenvalue weighted by atomic mass is 9.82. The molecule has 2 aromatic carbocycles. The van der Waals surface area contributed by atoms with E-state index in [1.807, 2.05) is 38.2 Å². The summed E-state index contributed by atoms with van der Waals surface area (Å²) < 4.78 is 20.8. The van der Waals surface area contributed by atoms with E-state index in [9.17, 15) is 14.3 Å². The van der Waals surface area contributed by atoms with Crippen LogP contribution in [0.3, 0.4) is 0 Å². The summed E-state index contributed by atoms with van der Waals surface area (Å²) in [5.74, 6) is -0.422. The standard InChI is InChI=1S/C30H36FN3O3/c1-20-25(19-26(35)36)28(34-16-14-30(2,3)15-17-34)27(29(32)33(20)4)22-7-11-24(12-8-22)37-18-13-21-5-9-23(31)10-6-21/h5-12,32H,13-19H2,1-4H3,(H,35,36). The van der Waals surface area contributed by atoms with Crippen LogP contribution in [0.15, 0.2) is 48.5 Å². The molecule has 3 aromatic rings. The van der Waals surface area contributed by atoms with E-state index in [2.05, 4.69) is 18.7 Å². The predicted molar refractivity (Wildman–Crippen MR) is 144 cm³/mol. The summed E-state index contributed by atoms with van der Waals surface area (Å²) in [7, 11) is 1.82. The fourth-order valence-electron chi connectivity index (χ4n) is 4.95. The van der Waals surface area contributed by atoms with E-state index in [1.54, 1.807) is 16.7 Å². The van der Waals surface area contributed by atoms with Gasteiger partial charge in [0.1, 0.15) is 17.1 Å². The number of aromatic nitrogens is 1. The Labute approximate surface area is 217 Å². The van der Waals surface area contributed by atoms with Crippen molar-refractivity contribution >= 4 is 11.7 Å². The molecule has 1 fully saturated rings. The molecule has 2 N–H and O–H groups in total. The monoisotopic (exact) mass is 505 g/mol. The van der Waals surface area contributed by atoms with Gasteiger partial charge in [0.05, 0.1) is 18.7 Å². The number of pyridine rings is 1. The highest BCUT2D eigenvalue weighted by atomic mass is 19.1. The van der Waals surface area contributed by atoms with E-state index in [-0.39, 0.29) is 17.7 Å². The molecule has 4 rings (SSSR count). The number of nitrogens with zero attached hydrogens (tertiary/aromatic N) is 2. The molecular formula is C30H36FN3O3. The Kier molecular flexibility index (Phi) is 7.71. The molecule has 0 atom stereocenters. The van der Waals surface area contributed by atoms with E-state index in [1.165, 1.54) is 12.1 Å². The summed E-state index contributed by atoms with van der Waals surface area (Å²) in [6, 6.07) is 14.1. The molecule has 2 heterocycles. The maximum Gasteiger partial charge on any atom is 0.307 e. The van der Waals surface area contributed by atoms with Gasteiger partial charge in [0, 0.05) is 43.4 Å². The number of anilines is 1. The van der Waals surface area contributed by atoms with Crippen LogP contribution in [0.5, 0.6) is 5.75 Å². The van der Waals surface area contributed by atoms with Crippen LogP contribution in [0.4, 0.5) is 10.1 Å². The molecule has 0 radical (unpaired) electrons. The lowest BCUT2D eigenvalue weighted by molar-refractivity contribution is -0.136. The highest BCUT2D eigenvalue weighted by molar-refractivity contribution is 5.84. The van der Waals surface area contributed by atoms with Gasteiger partial charge in [-0.2, -0.15) is 0 Å². The Morgan fingerprint density at radius 1 is 1.08 bits per heavy atom. The third-order valence-corrected chi connectivity index (χ3v) is 7.51. The van der Waals surface area contributed by atoms with Gasteiger partial charge >= 0.3 is 5.97 Å². The first-order valence-corrected chi connectivity index (χ1v) is 12.8. The van der Waals surface area contributed by atoms with E-state index in [4.69, 9.17) is 10.1 Å². The number of aliphatic carboxylic acids is 1. The number of rotatable bonds is 8. The zero-order valence-corrected chi connectivity index (χ0v) is 22.1. The third kappa shape index (κ3) is 6.04. The zero-order chi connectivity index (χ0) is 26.7. The number of benzene rings is 2. The van der Waals surface area contributed by atoms with Crippen molar-refractivity contribution in [2.24, 2.45) is 12.5 Å². The normalized spacial score (nSPS) is 15.0. The van der Waals surface area contributed by atoms with Crippen molar-refractivity contribution in [3.05, 3.63) is 76.7 Å². The summed E-state index contributed by atoms with van der Waals surface area (Å²) in [6.07, 6.45) is 2.59. The van der Waals surface area contributed by atoms with Crippen molar-refractivity contribution in [3.8, 4) is 16.9 Å². The van der Waals surface area contributed by atoms with Crippen LogP contribution in [-0.4, -0.2) is 35.3 Å². The van der Waals surface area contributed by atoms with Crippen molar-refractivity contribution in [1.29, 1.82) is 5.41 Å². The van der Waals surface area contributed by atoms with Gasteiger partial charge in [-0.1, -0.05) is 38.1 Å². The first kappa shape index (κ1) is 26.5. The third-order valence-electron chi connectivity index (χ3n) is 7.51. The fourth-order valence-corrected chi connectivity index (χ4v) is 4.95. The SMILES string of the molecule is Cc1c(CC(=O)O)c(N2CCC(C)(C)CC2)c(-c2ccc(OCCc3ccc(F)cc3)cc2)c(=N)n1C. The molecule has 0 bridgehead atoms. The minimum Gasteiger partial charge on any atom is -0.493 e.